The standard InChI is InChI=1S/C48H68O10/c1-5-9-11-13-15-17-19-21-23-45(57-43(49)7-3)53-39-29-25-37(26-30-39)47(51)55-41-33-35-42(36-34-41)56-48(52)38-27-31-40(32-28-38)54-46(58-44(50)8-4)24-22-20-18-16-14-12-10-6-2/h7-8,25-26,29-30,33-36,38,40,45-46H,3-6,9-24,27-28,31-32H2,1-2H3. The Kier molecular flexibility index (Phi) is 23.9. The minimum Gasteiger partial charge on any atom is -0.455 e. The van der Waals surface area contributed by atoms with Gasteiger partial charge in [-0.3, -0.25) is 4.79 Å². The molecule has 1 saturated carbocycles. The van der Waals surface area contributed by atoms with Crippen LogP contribution in [0.25, 0.3) is 0 Å². The number of benzene rings is 2. The Hall–Kier alpha value is -4.44. The molecule has 0 aromatic heterocycles. The molecular weight excluding hydrogens is 737 g/mol. The van der Waals surface area contributed by atoms with E-state index < -0.39 is 30.5 Å². The van der Waals surface area contributed by atoms with Crippen molar-refractivity contribution in [2.75, 3.05) is 0 Å². The lowest BCUT2D eigenvalue weighted by molar-refractivity contribution is -0.191. The number of unbranched alkanes of at least 4 members (excludes halogenated alkanes) is 14. The molecule has 0 N–H and O–H groups in total. The topological polar surface area (TPSA) is 124 Å². The van der Waals surface area contributed by atoms with E-state index >= 15 is 0 Å². The number of ether oxygens (including phenoxy) is 6. The second kappa shape index (κ2) is 28.9. The van der Waals surface area contributed by atoms with Gasteiger partial charge >= 0.3 is 23.9 Å². The highest BCUT2D eigenvalue weighted by molar-refractivity contribution is 5.91. The molecule has 0 amide bonds. The maximum absolute atomic E-state index is 13.0. The number of hydrogen-bond donors (Lipinski definition) is 0. The van der Waals surface area contributed by atoms with E-state index in [1.807, 2.05) is 0 Å². The van der Waals surface area contributed by atoms with Crippen LogP contribution in [-0.4, -0.2) is 42.6 Å². The van der Waals surface area contributed by atoms with Gasteiger partial charge in [-0.25, -0.2) is 14.4 Å². The molecular formula is C48H68O10. The highest BCUT2D eigenvalue weighted by atomic mass is 16.7. The second-order valence-corrected chi connectivity index (χ2v) is 15.2. The number of carbonyl (C=O) groups excluding carboxylic acids is 4. The molecule has 0 radical (unpaired) electrons. The summed E-state index contributed by atoms with van der Waals surface area (Å²) in [5, 5.41) is 0. The lowest BCUT2D eigenvalue weighted by Crippen LogP contribution is -2.32. The van der Waals surface area contributed by atoms with E-state index in [2.05, 4.69) is 27.0 Å². The Bertz CT molecular complexity index is 1490. The van der Waals surface area contributed by atoms with Gasteiger partial charge in [0.15, 0.2) is 0 Å². The van der Waals surface area contributed by atoms with Crippen molar-refractivity contribution in [1.82, 2.24) is 0 Å². The van der Waals surface area contributed by atoms with Crippen LogP contribution in [0.3, 0.4) is 0 Å². The third kappa shape index (κ3) is 19.8. The molecule has 0 spiro atoms. The van der Waals surface area contributed by atoms with Crippen LogP contribution in [0, 0.1) is 5.92 Å². The molecule has 3 rings (SSSR count). The Balaban J connectivity index is 1.40. The summed E-state index contributed by atoms with van der Waals surface area (Å²) in [5.41, 5.74) is 0.309. The zero-order valence-electron chi connectivity index (χ0n) is 35.1. The molecule has 10 nitrogen and oxygen atoms in total. The molecule has 2 aromatic rings. The molecule has 2 unspecified atom stereocenters. The fourth-order valence-electron chi connectivity index (χ4n) is 6.95. The fraction of sp³-hybridized carbons (Fsp3) is 0.583. The van der Waals surface area contributed by atoms with E-state index in [0.29, 0.717) is 61.3 Å². The lowest BCUT2D eigenvalue weighted by Gasteiger charge is -2.30. The van der Waals surface area contributed by atoms with E-state index in [1.165, 1.54) is 64.2 Å². The monoisotopic (exact) mass is 804 g/mol. The van der Waals surface area contributed by atoms with Crippen LogP contribution >= 0.6 is 0 Å². The van der Waals surface area contributed by atoms with Crippen molar-refractivity contribution in [3.8, 4) is 17.2 Å². The summed E-state index contributed by atoms with van der Waals surface area (Å²) in [7, 11) is 0. The fourth-order valence-corrected chi connectivity index (χ4v) is 6.95. The van der Waals surface area contributed by atoms with Gasteiger partial charge < -0.3 is 28.4 Å². The maximum atomic E-state index is 13.0. The highest BCUT2D eigenvalue weighted by Crippen LogP contribution is 2.30. The van der Waals surface area contributed by atoms with E-state index in [-0.39, 0.29) is 18.0 Å². The third-order valence-electron chi connectivity index (χ3n) is 10.4. The SMILES string of the molecule is C=CC(=O)OC(CCCCCCCCCC)Oc1ccc(C(=O)Oc2ccc(OC(=O)C3CCC(OC(CCCCCCCCCC)OC(=O)C=C)CC3)cc2)cc1. The van der Waals surface area contributed by atoms with Gasteiger partial charge in [-0.2, -0.15) is 0 Å². The van der Waals surface area contributed by atoms with Crippen molar-refractivity contribution in [3.05, 3.63) is 79.4 Å². The van der Waals surface area contributed by atoms with Crippen molar-refractivity contribution in [2.45, 2.75) is 174 Å². The summed E-state index contributed by atoms with van der Waals surface area (Å²) in [5.74, 6) is -1.11. The minimum atomic E-state index is -0.761. The van der Waals surface area contributed by atoms with Gasteiger partial charge in [0.1, 0.15) is 17.2 Å². The number of esters is 4. The summed E-state index contributed by atoms with van der Waals surface area (Å²) in [4.78, 5) is 49.8. The molecule has 2 atom stereocenters. The quantitative estimate of drug-likeness (QED) is 0.0248. The average Bonchev–Trinajstić information content (AvgIpc) is 3.23. The lowest BCUT2D eigenvalue weighted by atomic mass is 9.87. The summed E-state index contributed by atoms with van der Waals surface area (Å²) in [6, 6.07) is 12.8. The average molecular weight is 805 g/mol. The van der Waals surface area contributed by atoms with Gasteiger partial charge in [-0.05, 0) is 87.1 Å². The predicted molar refractivity (Wildman–Crippen MR) is 226 cm³/mol. The molecule has 320 valence electrons. The van der Waals surface area contributed by atoms with E-state index in [1.54, 1.807) is 48.5 Å². The molecule has 1 fully saturated rings. The Morgan fingerprint density at radius 3 is 1.50 bits per heavy atom. The number of hydrogen-bond acceptors (Lipinski definition) is 10. The van der Waals surface area contributed by atoms with Crippen LogP contribution in [0.5, 0.6) is 17.2 Å². The van der Waals surface area contributed by atoms with Crippen molar-refractivity contribution in [3.63, 3.8) is 0 Å². The molecule has 0 aliphatic heterocycles. The first kappa shape index (κ1) is 47.9. The Labute approximate surface area is 347 Å². The second-order valence-electron chi connectivity index (χ2n) is 15.2. The first-order valence-electron chi connectivity index (χ1n) is 21.9. The molecule has 0 saturated heterocycles. The summed E-state index contributed by atoms with van der Waals surface area (Å²) in [6.07, 6.45) is 23.2. The Morgan fingerprint density at radius 1 is 0.569 bits per heavy atom. The van der Waals surface area contributed by atoms with Gasteiger partial charge in [0.25, 0.3) is 0 Å². The highest BCUT2D eigenvalue weighted by Gasteiger charge is 2.30. The van der Waals surface area contributed by atoms with Crippen molar-refractivity contribution >= 4 is 23.9 Å². The van der Waals surface area contributed by atoms with Gasteiger partial charge in [-0.1, -0.05) is 117 Å². The zero-order chi connectivity index (χ0) is 41.8. The van der Waals surface area contributed by atoms with Crippen molar-refractivity contribution in [2.24, 2.45) is 5.92 Å². The third-order valence-corrected chi connectivity index (χ3v) is 10.4. The largest absolute Gasteiger partial charge is 0.455 e. The maximum Gasteiger partial charge on any atom is 0.343 e. The molecule has 1 aliphatic carbocycles. The van der Waals surface area contributed by atoms with Crippen LogP contribution in [0.1, 0.15) is 165 Å². The zero-order valence-corrected chi connectivity index (χ0v) is 35.1. The smallest absolute Gasteiger partial charge is 0.343 e. The van der Waals surface area contributed by atoms with Gasteiger partial charge in [0.2, 0.25) is 12.6 Å². The van der Waals surface area contributed by atoms with Gasteiger partial charge in [0, 0.05) is 25.0 Å². The van der Waals surface area contributed by atoms with E-state index in [9.17, 15) is 19.2 Å². The van der Waals surface area contributed by atoms with Crippen LogP contribution in [0.15, 0.2) is 73.8 Å². The van der Waals surface area contributed by atoms with Crippen molar-refractivity contribution < 1.29 is 47.6 Å². The van der Waals surface area contributed by atoms with Crippen LogP contribution in [0.4, 0.5) is 0 Å². The van der Waals surface area contributed by atoms with E-state index in [4.69, 9.17) is 28.4 Å². The summed E-state index contributed by atoms with van der Waals surface area (Å²) in [6.45, 7) is 11.4. The summed E-state index contributed by atoms with van der Waals surface area (Å²) < 4.78 is 34.3. The first-order chi connectivity index (χ1) is 28.2. The summed E-state index contributed by atoms with van der Waals surface area (Å²) >= 11 is 0. The van der Waals surface area contributed by atoms with Crippen LogP contribution in [-0.2, 0) is 28.6 Å². The van der Waals surface area contributed by atoms with Crippen LogP contribution in [0.2, 0.25) is 0 Å². The predicted octanol–water partition coefficient (Wildman–Crippen LogP) is 11.9. The molecule has 2 aromatic carbocycles. The van der Waals surface area contributed by atoms with Crippen LogP contribution < -0.4 is 14.2 Å². The number of carbonyl (C=O) groups is 4. The molecule has 1 aliphatic rings. The van der Waals surface area contributed by atoms with Gasteiger partial charge in [-0.15, -0.1) is 0 Å². The van der Waals surface area contributed by atoms with Gasteiger partial charge in [0.05, 0.1) is 17.6 Å². The molecule has 0 bridgehead atoms. The first-order valence-corrected chi connectivity index (χ1v) is 21.9. The van der Waals surface area contributed by atoms with E-state index in [0.717, 1.165) is 50.7 Å². The normalized spacial score (nSPS) is 16.0. The molecule has 0 heterocycles. The van der Waals surface area contributed by atoms with Crippen molar-refractivity contribution in [1.29, 1.82) is 0 Å². The number of rotatable bonds is 30. The minimum absolute atomic E-state index is 0.109. The Morgan fingerprint density at radius 2 is 1.00 bits per heavy atom. The molecule has 10 heteroatoms. The molecule has 58 heavy (non-hydrogen) atoms.